The van der Waals surface area contributed by atoms with Crippen molar-refractivity contribution >= 4 is 41.0 Å². The minimum atomic E-state index is -4.83. The van der Waals surface area contributed by atoms with Crippen LogP contribution in [-0.2, 0) is 56.7 Å². The summed E-state index contributed by atoms with van der Waals surface area (Å²) in [4.78, 5) is 0. The molecule has 23 heavy (non-hydrogen) atoms. The van der Waals surface area contributed by atoms with E-state index in [9.17, 15) is 33.7 Å². The molecular weight excluding hydrogens is 404 g/mol. The van der Waals surface area contributed by atoms with Crippen molar-refractivity contribution in [1.82, 2.24) is 0 Å². The zero-order valence-electron chi connectivity index (χ0n) is 12.1. The van der Waals surface area contributed by atoms with Crippen LogP contribution < -0.4 is 0 Å². The molecule has 0 unspecified atom stereocenters. The smallest absolute Gasteiger partial charge is 0.251 e. The van der Waals surface area contributed by atoms with E-state index in [4.69, 9.17) is 0 Å². The van der Waals surface area contributed by atoms with Gasteiger partial charge in [0.2, 0.25) is 0 Å². The summed E-state index contributed by atoms with van der Waals surface area (Å²) in [6, 6.07) is 0. The van der Waals surface area contributed by atoms with Crippen LogP contribution in [-0.4, -0.2) is 59.4 Å². The molecule has 0 aromatic rings. The van der Waals surface area contributed by atoms with Gasteiger partial charge in [0, 0.05) is 0 Å². The molecule has 16 heteroatoms. The third-order valence-electron chi connectivity index (χ3n) is 1.86. The van der Waals surface area contributed by atoms with Crippen molar-refractivity contribution in [2.75, 3.05) is 25.7 Å². The van der Waals surface area contributed by atoms with Gasteiger partial charge < -0.3 is 0 Å². The summed E-state index contributed by atoms with van der Waals surface area (Å²) in [6.45, 7) is -0.478. The highest BCUT2D eigenvalue weighted by Gasteiger charge is 2.23. The molecule has 0 saturated carbocycles. The first-order valence-electron chi connectivity index (χ1n) is 5.73. The zero-order chi connectivity index (χ0) is 18.4. The van der Waals surface area contributed by atoms with E-state index in [-0.39, 0.29) is 19.3 Å². The first kappa shape index (κ1) is 22.6. The molecule has 0 rings (SSSR count). The lowest BCUT2D eigenvalue weighted by molar-refractivity contribution is 0.251. The van der Waals surface area contributed by atoms with Crippen molar-refractivity contribution in [1.29, 1.82) is 0 Å². The van der Waals surface area contributed by atoms with Gasteiger partial charge in [0.15, 0.2) is 0 Å². The molecule has 0 aromatic heterocycles. The summed E-state index contributed by atoms with van der Waals surface area (Å²) in [5.74, 6) is -0.596. The molecule has 0 aliphatic rings. The molecule has 0 aliphatic heterocycles. The quantitative estimate of drug-likeness (QED) is 0.339. The highest BCUT2D eigenvalue weighted by atomic mass is 32.3. The molecule has 0 bridgehead atoms. The lowest BCUT2D eigenvalue weighted by atomic mass is 10.3. The van der Waals surface area contributed by atoms with Gasteiger partial charge in [-0.25, -0.2) is 4.18 Å². The molecule has 0 amide bonds. The van der Waals surface area contributed by atoms with Crippen LogP contribution >= 0.6 is 0 Å². The molecule has 12 nitrogen and oxygen atoms in total. The van der Waals surface area contributed by atoms with E-state index in [0.717, 1.165) is 0 Å². The van der Waals surface area contributed by atoms with Gasteiger partial charge in [-0.15, -0.1) is 7.26 Å². The summed E-state index contributed by atoms with van der Waals surface area (Å²) in [5, 5.41) is 0. The van der Waals surface area contributed by atoms with Gasteiger partial charge in [0.25, 0.3) is 20.2 Å². The normalized spacial score (nSPS) is 14.0. The maximum atomic E-state index is 11.2. The van der Waals surface area contributed by atoms with Crippen LogP contribution in [0.25, 0.3) is 0 Å². The summed E-state index contributed by atoms with van der Waals surface area (Å²) < 4.78 is 103. The van der Waals surface area contributed by atoms with E-state index in [0.29, 0.717) is 13.4 Å². The van der Waals surface area contributed by atoms with Gasteiger partial charge >= 0.3 is 20.8 Å². The average Bonchev–Trinajstić information content (AvgIpc) is 2.29. The molecule has 0 N–H and O–H groups in total. The van der Waals surface area contributed by atoms with Crippen molar-refractivity contribution in [3.8, 4) is 0 Å². The van der Waals surface area contributed by atoms with Gasteiger partial charge in [-0.1, -0.05) is 6.42 Å². The van der Waals surface area contributed by atoms with Crippen molar-refractivity contribution in [2.45, 2.75) is 19.3 Å². The second-order valence-electron chi connectivity index (χ2n) is 3.97. The molecule has 0 aliphatic carbocycles. The molecular formula is C7H16O12S4. The monoisotopic (exact) mass is 420 g/mol. The molecule has 0 heterocycles. The third-order valence-corrected chi connectivity index (χ3v) is 6.67. The average molecular weight is 420 g/mol. The van der Waals surface area contributed by atoms with Crippen LogP contribution in [0.5, 0.6) is 0 Å². The van der Waals surface area contributed by atoms with Crippen molar-refractivity contribution < 1.29 is 49.3 Å². The van der Waals surface area contributed by atoms with Gasteiger partial charge in [0.1, 0.15) is 0 Å². The second-order valence-corrected chi connectivity index (χ2v) is 10.2. The molecule has 0 aromatic carbocycles. The van der Waals surface area contributed by atoms with E-state index < -0.39 is 53.4 Å². The van der Waals surface area contributed by atoms with Crippen LogP contribution in [0.15, 0.2) is 0 Å². The Hall–Kier alpha value is -0.360. The van der Waals surface area contributed by atoms with E-state index in [1.807, 2.05) is 0 Å². The Kier molecular flexibility index (Phi) is 8.52. The molecule has 0 saturated heterocycles. The highest BCUT2D eigenvalue weighted by molar-refractivity contribution is 7.99. The van der Waals surface area contributed by atoms with E-state index in [2.05, 4.69) is 15.6 Å². The van der Waals surface area contributed by atoms with Gasteiger partial charge in [-0.2, -0.15) is 33.7 Å². The minimum absolute atomic E-state index is 0.0293. The number of rotatable bonds is 12. The predicted molar refractivity (Wildman–Crippen MR) is 75.5 cm³/mol. The van der Waals surface area contributed by atoms with Crippen molar-refractivity contribution in [3.05, 3.63) is 0 Å². The first-order valence-corrected chi connectivity index (χ1v) is 11.8. The van der Waals surface area contributed by atoms with E-state index in [1.165, 1.54) is 0 Å². The van der Waals surface area contributed by atoms with Crippen molar-refractivity contribution in [3.63, 3.8) is 0 Å². The van der Waals surface area contributed by atoms with Gasteiger partial charge in [-0.05, 0) is 12.8 Å². The standard InChI is InChI=1S/C7H16O12S4/c1-16-22(12,13)19-23(14,15)17-6-4-3-5-7-21(10,11)18-20(2,8)9/h3-7H2,1-2H3. The number of hydrogen-bond acceptors (Lipinski definition) is 12. The Morgan fingerprint density at radius 3 is 1.78 bits per heavy atom. The Morgan fingerprint density at radius 1 is 0.739 bits per heavy atom. The van der Waals surface area contributed by atoms with E-state index >= 15 is 0 Å². The van der Waals surface area contributed by atoms with Crippen LogP contribution in [0.3, 0.4) is 0 Å². The predicted octanol–water partition coefficient (Wildman–Crippen LogP) is -1.37. The molecule has 0 radical (unpaired) electrons. The maximum absolute atomic E-state index is 11.2. The Balaban J connectivity index is 4.12. The van der Waals surface area contributed by atoms with Crippen LogP contribution in [0.1, 0.15) is 19.3 Å². The maximum Gasteiger partial charge on any atom is 0.416 e. The molecule has 0 spiro atoms. The summed E-state index contributed by atoms with van der Waals surface area (Å²) >= 11 is 0. The Morgan fingerprint density at radius 2 is 1.30 bits per heavy atom. The van der Waals surface area contributed by atoms with Crippen LogP contribution in [0.4, 0.5) is 0 Å². The molecule has 140 valence electrons. The lowest BCUT2D eigenvalue weighted by Crippen LogP contribution is -2.18. The fourth-order valence-corrected chi connectivity index (χ4v) is 4.94. The van der Waals surface area contributed by atoms with Crippen LogP contribution in [0.2, 0.25) is 0 Å². The largest absolute Gasteiger partial charge is 0.416 e. The highest BCUT2D eigenvalue weighted by Crippen LogP contribution is 2.08. The number of unbranched alkanes of at least 4 members (excludes halogenated alkanes) is 2. The zero-order valence-corrected chi connectivity index (χ0v) is 15.3. The summed E-state index contributed by atoms with van der Waals surface area (Å²) in [5.41, 5.74) is 0. The molecule has 0 atom stereocenters. The van der Waals surface area contributed by atoms with E-state index in [1.54, 1.807) is 0 Å². The first-order chi connectivity index (χ1) is 10.2. The van der Waals surface area contributed by atoms with Gasteiger partial charge in [-0.3, -0.25) is 4.18 Å². The Bertz CT molecular complexity index is 772. The Labute approximate surface area is 135 Å². The lowest BCUT2D eigenvalue weighted by Gasteiger charge is -2.05. The number of hydrogen-bond donors (Lipinski definition) is 0. The summed E-state index contributed by atoms with van der Waals surface area (Å²) in [6.07, 6.45) is 0.721. The van der Waals surface area contributed by atoms with Gasteiger partial charge in [0.05, 0.1) is 25.7 Å². The van der Waals surface area contributed by atoms with Crippen LogP contribution in [0, 0.1) is 0 Å². The fraction of sp³-hybridized carbons (Fsp3) is 1.00. The summed E-state index contributed by atoms with van der Waals surface area (Å²) in [7, 11) is -17.3. The second kappa shape index (κ2) is 8.65. The topological polar surface area (TPSA) is 173 Å². The fourth-order valence-electron chi connectivity index (χ4n) is 1.09. The van der Waals surface area contributed by atoms with Crippen molar-refractivity contribution in [2.24, 2.45) is 0 Å². The SMILES string of the molecule is COS(=O)(=O)OS(=O)(=O)OCCCCCS(=O)(=O)OS(C)(=O)=O. The molecule has 0 fully saturated rings. The minimum Gasteiger partial charge on any atom is -0.251 e. The third kappa shape index (κ3) is 12.7.